The summed E-state index contributed by atoms with van der Waals surface area (Å²) in [6, 6.07) is 1.77. The number of hydrogen-bond acceptors (Lipinski definition) is 3. The Balaban J connectivity index is 2.07. The summed E-state index contributed by atoms with van der Waals surface area (Å²) >= 11 is 0. The summed E-state index contributed by atoms with van der Waals surface area (Å²) in [5, 5.41) is 2.90. The lowest BCUT2D eigenvalue weighted by atomic mass is 10.2. The van der Waals surface area contributed by atoms with Crippen molar-refractivity contribution >= 4 is 5.91 Å². The normalized spacial score (nSPS) is 17.9. The van der Waals surface area contributed by atoms with Gasteiger partial charge in [0.15, 0.2) is 5.76 Å². The Morgan fingerprint density at radius 2 is 2.43 bits per heavy atom. The molecule has 1 aromatic rings. The third-order valence-electron chi connectivity index (χ3n) is 2.69. The average molecular weight is 194 g/mol. The summed E-state index contributed by atoms with van der Waals surface area (Å²) < 4.78 is 5.09. The van der Waals surface area contributed by atoms with Crippen LogP contribution < -0.4 is 11.1 Å². The molecule has 0 radical (unpaired) electrons. The summed E-state index contributed by atoms with van der Waals surface area (Å²) in [5.74, 6) is 0.236. The third-order valence-corrected chi connectivity index (χ3v) is 2.69. The van der Waals surface area contributed by atoms with E-state index >= 15 is 0 Å². The van der Waals surface area contributed by atoms with Gasteiger partial charge in [0.2, 0.25) is 0 Å². The SMILES string of the molecule is Cc1ccoc1C(=O)NC1(CN)CC1. The van der Waals surface area contributed by atoms with Crippen molar-refractivity contribution in [3.05, 3.63) is 23.7 Å². The van der Waals surface area contributed by atoms with Crippen LogP contribution in [-0.4, -0.2) is 18.0 Å². The van der Waals surface area contributed by atoms with Gasteiger partial charge >= 0.3 is 0 Å². The summed E-state index contributed by atoms with van der Waals surface area (Å²) in [5.41, 5.74) is 6.26. The number of rotatable bonds is 3. The molecule has 1 aliphatic rings. The summed E-state index contributed by atoms with van der Waals surface area (Å²) in [6.07, 6.45) is 3.45. The van der Waals surface area contributed by atoms with Crippen molar-refractivity contribution in [2.24, 2.45) is 5.73 Å². The van der Waals surface area contributed by atoms with Crippen LogP contribution >= 0.6 is 0 Å². The van der Waals surface area contributed by atoms with Crippen molar-refractivity contribution in [3.8, 4) is 0 Å². The Labute approximate surface area is 82.5 Å². The predicted octanol–water partition coefficient (Wildman–Crippen LogP) is 0.809. The molecule has 2 rings (SSSR count). The molecule has 1 heterocycles. The molecule has 1 amide bonds. The van der Waals surface area contributed by atoms with Gasteiger partial charge in [-0.3, -0.25) is 4.79 Å². The van der Waals surface area contributed by atoms with Gasteiger partial charge in [0.25, 0.3) is 5.91 Å². The average Bonchev–Trinajstić information content (AvgIpc) is 2.80. The first-order chi connectivity index (χ1) is 6.67. The maximum absolute atomic E-state index is 11.7. The number of carbonyl (C=O) groups excluding carboxylic acids is 1. The van der Waals surface area contributed by atoms with Gasteiger partial charge in [0.05, 0.1) is 11.8 Å². The molecule has 0 saturated heterocycles. The standard InChI is InChI=1S/C10H14N2O2/c1-7-2-5-14-8(7)9(13)12-10(6-11)3-4-10/h2,5H,3-4,6,11H2,1H3,(H,12,13). The Kier molecular flexibility index (Phi) is 2.07. The number of aryl methyl sites for hydroxylation is 1. The van der Waals surface area contributed by atoms with Crippen molar-refractivity contribution in [3.63, 3.8) is 0 Å². The van der Waals surface area contributed by atoms with Gasteiger partial charge < -0.3 is 15.5 Å². The minimum absolute atomic E-state index is 0.156. The molecule has 0 spiro atoms. The monoisotopic (exact) mass is 194 g/mol. The largest absolute Gasteiger partial charge is 0.459 e. The summed E-state index contributed by atoms with van der Waals surface area (Å²) in [6.45, 7) is 2.35. The van der Waals surface area contributed by atoms with Crippen LogP contribution in [-0.2, 0) is 0 Å². The highest BCUT2D eigenvalue weighted by Crippen LogP contribution is 2.34. The number of hydrogen-bond donors (Lipinski definition) is 2. The van der Waals surface area contributed by atoms with E-state index in [-0.39, 0.29) is 11.4 Å². The van der Waals surface area contributed by atoms with Gasteiger partial charge in [-0.2, -0.15) is 0 Å². The van der Waals surface area contributed by atoms with Crippen LogP contribution in [0.3, 0.4) is 0 Å². The molecule has 0 aromatic carbocycles. The fraction of sp³-hybridized carbons (Fsp3) is 0.500. The van der Waals surface area contributed by atoms with Gasteiger partial charge in [0.1, 0.15) is 0 Å². The van der Waals surface area contributed by atoms with Gasteiger partial charge in [0, 0.05) is 12.1 Å². The zero-order valence-corrected chi connectivity index (χ0v) is 8.17. The first kappa shape index (κ1) is 9.27. The van der Waals surface area contributed by atoms with E-state index < -0.39 is 0 Å². The quantitative estimate of drug-likeness (QED) is 0.748. The van der Waals surface area contributed by atoms with E-state index in [0.717, 1.165) is 18.4 Å². The molecule has 1 fully saturated rings. The molecule has 0 aliphatic heterocycles. The number of furan rings is 1. The van der Waals surface area contributed by atoms with Gasteiger partial charge in [-0.1, -0.05) is 0 Å². The van der Waals surface area contributed by atoms with Gasteiger partial charge in [-0.25, -0.2) is 0 Å². The van der Waals surface area contributed by atoms with E-state index in [1.165, 1.54) is 6.26 Å². The molecular weight excluding hydrogens is 180 g/mol. The van der Waals surface area contributed by atoms with Crippen LogP contribution in [0.2, 0.25) is 0 Å². The van der Waals surface area contributed by atoms with Crippen LogP contribution in [0.4, 0.5) is 0 Å². The number of carbonyl (C=O) groups is 1. The van der Waals surface area contributed by atoms with E-state index in [0.29, 0.717) is 12.3 Å². The molecule has 0 atom stereocenters. The second-order valence-electron chi connectivity index (χ2n) is 3.87. The number of nitrogens with one attached hydrogen (secondary N) is 1. The molecule has 4 heteroatoms. The molecule has 3 N–H and O–H groups in total. The highest BCUT2D eigenvalue weighted by atomic mass is 16.3. The minimum Gasteiger partial charge on any atom is -0.459 e. The molecule has 0 unspecified atom stereocenters. The second-order valence-corrected chi connectivity index (χ2v) is 3.87. The van der Waals surface area contributed by atoms with Gasteiger partial charge in [-0.15, -0.1) is 0 Å². The molecule has 1 aromatic heterocycles. The van der Waals surface area contributed by atoms with Crippen molar-refractivity contribution in [1.82, 2.24) is 5.32 Å². The lowest BCUT2D eigenvalue weighted by Crippen LogP contribution is -2.42. The maximum atomic E-state index is 11.7. The highest BCUT2D eigenvalue weighted by Gasteiger charge is 2.43. The molecular formula is C10H14N2O2. The van der Waals surface area contributed by atoms with E-state index in [4.69, 9.17) is 10.2 Å². The van der Waals surface area contributed by atoms with Crippen LogP contribution in [0.1, 0.15) is 29.0 Å². The van der Waals surface area contributed by atoms with E-state index in [1.807, 2.05) is 6.92 Å². The lowest BCUT2D eigenvalue weighted by Gasteiger charge is -2.13. The fourth-order valence-electron chi connectivity index (χ4n) is 1.43. The molecule has 4 nitrogen and oxygen atoms in total. The Hall–Kier alpha value is -1.29. The summed E-state index contributed by atoms with van der Waals surface area (Å²) in [4.78, 5) is 11.7. The van der Waals surface area contributed by atoms with Crippen molar-refractivity contribution in [2.45, 2.75) is 25.3 Å². The molecule has 1 saturated carbocycles. The molecule has 14 heavy (non-hydrogen) atoms. The van der Waals surface area contributed by atoms with E-state index in [2.05, 4.69) is 5.32 Å². The Morgan fingerprint density at radius 1 is 1.71 bits per heavy atom. The lowest BCUT2D eigenvalue weighted by molar-refractivity contribution is 0.0904. The van der Waals surface area contributed by atoms with Crippen LogP contribution in [0.5, 0.6) is 0 Å². The molecule has 0 bridgehead atoms. The first-order valence-electron chi connectivity index (χ1n) is 4.73. The molecule has 1 aliphatic carbocycles. The van der Waals surface area contributed by atoms with Crippen LogP contribution in [0, 0.1) is 6.92 Å². The number of nitrogens with two attached hydrogens (primary N) is 1. The Bertz CT molecular complexity index is 353. The number of amides is 1. The highest BCUT2D eigenvalue weighted by molar-refractivity contribution is 5.93. The zero-order valence-electron chi connectivity index (χ0n) is 8.17. The van der Waals surface area contributed by atoms with Crippen LogP contribution in [0.15, 0.2) is 16.7 Å². The maximum Gasteiger partial charge on any atom is 0.287 e. The molecule has 76 valence electrons. The minimum atomic E-state index is -0.157. The van der Waals surface area contributed by atoms with Crippen molar-refractivity contribution in [2.75, 3.05) is 6.54 Å². The van der Waals surface area contributed by atoms with Crippen molar-refractivity contribution in [1.29, 1.82) is 0 Å². The second kappa shape index (κ2) is 3.13. The smallest absolute Gasteiger partial charge is 0.287 e. The topological polar surface area (TPSA) is 68.3 Å². The van der Waals surface area contributed by atoms with E-state index in [1.54, 1.807) is 6.07 Å². The third kappa shape index (κ3) is 1.53. The zero-order chi connectivity index (χ0) is 10.2. The summed E-state index contributed by atoms with van der Waals surface area (Å²) in [7, 11) is 0. The van der Waals surface area contributed by atoms with E-state index in [9.17, 15) is 4.79 Å². The van der Waals surface area contributed by atoms with Crippen molar-refractivity contribution < 1.29 is 9.21 Å². The first-order valence-corrected chi connectivity index (χ1v) is 4.73. The van der Waals surface area contributed by atoms with Gasteiger partial charge in [-0.05, 0) is 25.8 Å². The van der Waals surface area contributed by atoms with Crippen LogP contribution in [0.25, 0.3) is 0 Å². The predicted molar refractivity (Wildman–Crippen MR) is 51.9 cm³/mol. The fourth-order valence-corrected chi connectivity index (χ4v) is 1.43. The Morgan fingerprint density at radius 3 is 2.86 bits per heavy atom.